The molecule has 6 nitrogen and oxygen atoms in total. The number of hydrogen-bond acceptors (Lipinski definition) is 5. The molecule has 1 N–H and O–H groups in total. The van der Waals surface area contributed by atoms with Crippen LogP contribution in [-0.2, 0) is 0 Å². The second-order valence-corrected chi connectivity index (χ2v) is 7.87. The van der Waals surface area contributed by atoms with E-state index in [0.29, 0.717) is 29.4 Å². The van der Waals surface area contributed by atoms with Gasteiger partial charge in [-0.3, -0.25) is 4.79 Å². The largest absolute Gasteiger partial charge is 0.352 e. The van der Waals surface area contributed by atoms with Gasteiger partial charge in [0.25, 0.3) is 11.8 Å². The molecule has 1 fully saturated rings. The molecule has 2 aromatic carbocycles. The van der Waals surface area contributed by atoms with E-state index in [-0.39, 0.29) is 11.7 Å². The molecule has 1 amide bonds. The normalized spacial score (nSPS) is 14.9. The molecule has 0 spiro atoms. The minimum atomic E-state index is -0.316. The average Bonchev–Trinajstić information content (AvgIpc) is 3.14. The maximum Gasteiger partial charge on any atom is 0.258 e. The van der Waals surface area contributed by atoms with E-state index in [1.54, 1.807) is 36.4 Å². The molecular formula is C24H27FN4O2. The first-order valence-electron chi connectivity index (χ1n) is 10.9. The maximum atomic E-state index is 13.1. The van der Waals surface area contributed by atoms with Crippen LogP contribution in [0.2, 0.25) is 0 Å². The summed E-state index contributed by atoms with van der Waals surface area (Å²) in [5.41, 5.74) is 1.99. The predicted molar refractivity (Wildman–Crippen MR) is 117 cm³/mol. The van der Waals surface area contributed by atoms with Crippen molar-refractivity contribution in [2.45, 2.75) is 32.1 Å². The number of carbonyl (C=O) groups is 1. The summed E-state index contributed by atoms with van der Waals surface area (Å²) in [6, 6.07) is 13.0. The number of rotatable bonds is 7. The lowest BCUT2D eigenvalue weighted by Crippen LogP contribution is -2.30. The third kappa shape index (κ3) is 5.76. The van der Waals surface area contributed by atoms with Crippen molar-refractivity contribution in [2.75, 3.05) is 26.2 Å². The molecule has 1 aliphatic rings. The number of carbonyl (C=O) groups excluding carboxylic acids is 1. The SMILES string of the molecule is O=C(NCCCN1CCCCCC1)c1ccc(-c2nc(-c3ccc(F)cc3)no2)cc1. The highest BCUT2D eigenvalue weighted by atomic mass is 19.1. The molecule has 4 rings (SSSR count). The van der Waals surface area contributed by atoms with Crippen LogP contribution in [0.1, 0.15) is 42.5 Å². The van der Waals surface area contributed by atoms with Gasteiger partial charge in [-0.2, -0.15) is 4.98 Å². The third-order valence-corrected chi connectivity index (χ3v) is 5.56. The van der Waals surface area contributed by atoms with E-state index in [2.05, 4.69) is 20.4 Å². The Bertz CT molecular complexity index is 978. The quantitative estimate of drug-likeness (QED) is 0.566. The van der Waals surface area contributed by atoms with Crippen molar-refractivity contribution in [3.05, 3.63) is 59.9 Å². The molecule has 0 atom stereocenters. The lowest BCUT2D eigenvalue weighted by atomic mass is 10.1. The third-order valence-electron chi connectivity index (χ3n) is 5.56. The first kappa shape index (κ1) is 21.2. The first-order valence-corrected chi connectivity index (χ1v) is 10.9. The van der Waals surface area contributed by atoms with Gasteiger partial charge in [-0.15, -0.1) is 0 Å². The number of amides is 1. The monoisotopic (exact) mass is 422 g/mol. The highest BCUT2D eigenvalue weighted by molar-refractivity contribution is 5.94. The fourth-order valence-corrected chi connectivity index (χ4v) is 3.79. The van der Waals surface area contributed by atoms with E-state index in [0.717, 1.165) is 18.5 Å². The predicted octanol–water partition coefficient (Wildman–Crippen LogP) is 4.54. The zero-order chi connectivity index (χ0) is 21.5. The van der Waals surface area contributed by atoms with Crippen molar-refractivity contribution < 1.29 is 13.7 Å². The lowest BCUT2D eigenvalue weighted by Gasteiger charge is -2.19. The van der Waals surface area contributed by atoms with Crippen molar-refractivity contribution in [3.63, 3.8) is 0 Å². The van der Waals surface area contributed by atoms with Crippen molar-refractivity contribution in [2.24, 2.45) is 0 Å². The number of likely N-dealkylation sites (tertiary alicyclic amines) is 1. The molecule has 1 aromatic heterocycles. The zero-order valence-electron chi connectivity index (χ0n) is 17.5. The zero-order valence-corrected chi connectivity index (χ0v) is 17.5. The molecule has 0 radical (unpaired) electrons. The van der Waals surface area contributed by atoms with Gasteiger partial charge in [-0.05, 0) is 87.4 Å². The lowest BCUT2D eigenvalue weighted by molar-refractivity contribution is 0.0951. The van der Waals surface area contributed by atoms with Gasteiger partial charge in [0.05, 0.1) is 0 Å². The molecule has 162 valence electrons. The van der Waals surface area contributed by atoms with Crippen molar-refractivity contribution in [1.29, 1.82) is 0 Å². The summed E-state index contributed by atoms with van der Waals surface area (Å²) in [6.45, 7) is 4.05. The first-order chi connectivity index (χ1) is 15.2. The van der Waals surface area contributed by atoms with Crippen molar-refractivity contribution in [3.8, 4) is 22.8 Å². The van der Waals surface area contributed by atoms with Gasteiger partial charge in [-0.1, -0.05) is 18.0 Å². The number of benzene rings is 2. The number of nitrogens with zero attached hydrogens (tertiary/aromatic N) is 3. The van der Waals surface area contributed by atoms with E-state index in [4.69, 9.17) is 4.52 Å². The summed E-state index contributed by atoms with van der Waals surface area (Å²) < 4.78 is 18.4. The van der Waals surface area contributed by atoms with E-state index in [1.807, 2.05) is 0 Å². The molecule has 2 heterocycles. The number of nitrogens with one attached hydrogen (secondary N) is 1. The number of halogens is 1. The summed E-state index contributed by atoms with van der Waals surface area (Å²) in [5, 5.41) is 6.95. The smallest absolute Gasteiger partial charge is 0.258 e. The molecule has 1 aliphatic heterocycles. The minimum absolute atomic E-state index is 0.0834. The Labute approximate surface area is 181 Å². The Morgan fingerprint density at radius 2 is 1.65 bits per heavy atom. The molecule has 3 aromatic rings. The Morgan fingerprint density at radius 3 is 2.35 bits per heavy atom. The minimum Gasteiger partial charge on any atom is -0.352 e. The molecule has 1 saturated heterocycles. The maximum absolute atomic E-state index is 13.1. The number of hydrogen-bond donors (Lipinski definition) is 1. The molecule has 31 heavy (non-hydrogen) atoms. The summed E-state index contributed by atoms with van der Waals surface area (Å²) >= 11 is 0. The summed E-state index contributed by atoms with van der Waals surface area (Å²) in [5.74, 6) is 0.341. The molecule has 7 heteroatoms. The van der Waals surface area contributed by atoms with Crippen LogP contribution in [0.15, 0.2) is 53.1 Å². The highest BCUT2D eigenvalue weighted by Crippen LogP contribution is 2.22. The van der Waals surface area contributed by atoms with E-state index < -0.39 is 0 Å². The Hall–Kier alpha value is -3.06. The van der Waals surface area contributed by atoms with Crippen LogP contribution in [0.5, 0.6) is 0 Å². The van der Waals surface area contributed by atoms with Crippen LogP contribution in [0, 0.1) is 5.82 Å². The fraction of sp³-hybridized carbons (Fsp3) is 0.375. The molecule has 0 aliphatic carbocycles. The van der Waals surface area contributed by atoms with E-state index in [9.17, 15) is 9.18 Å². The van der Waals surface area contributed by atoms with Crippen LogP contribution in [-0.4, -0.2) is 47.1 Å². The molecular weight excluding hydrogens is 395 g/mol. The van der Waals surface area contributed by atoms with Crippen molar-refractivity contribution >= 4 is 5.91 Å². The van der Waals surface area contributed by atoms with E-state index in [1.165, 1.54) is 50.9 Å². The Balaban J connectivity index is 1.28. The van der Waals surface area contributed by atoms with Crippen LogP contribution in [0.3, 0.4) is 0 Å². The van der Waals surface area contributed by atoms with Gasteiger partial charge in [0.2, 0.25) is 5.82 Å². The molecule has 0 unspecified atom stereocenters. The second-order valence-electron chi connectivity index (χ2n) is 7.87. The average molecular weight is 423 g/mol. The second kappa shape index (κ2) is 10.3. The number of aromatic nitrogens is 2. The van der Waals surface area contributed by atoms with Gasteiger partial charge >= 0.3 is 0 Å². The highest BCUT2D eigenvalue weighted by Gasteiger charge is 2.13. The summed E-state index contributed by atoms with van der Waals surface area (Å²) in [4.78, 5) is 19.3. The standard InChI is InChI=1S/C24H27FN4O2/c25-21-12-10-18(11-13-21)22-27-24(31-28-22)20-8-6-19(7-9-20)23(30)26-14-5-17-29-15-3-1-2-4-16-29/h6-13H,1-5,14-17H2,(H,26,30). The van der Waals surface area contributed by atoms with Crippen molar-refractivity contribution in [1.82, 2.24) is 20.4 Å². The van der Waals surface area contributed by atoms with Gasteiger partial charge in [0.1, 0.15) is 5.82 Å². The van der Waals surface area contributed by atoms with E-state index >= 15 is 0 Å². The summed E-state index contributed by atoms with van der Waals surface area (Å²) in [7, 11) is 0. The summed E-state index contributed by atoms with van der Waals surface area (Å²) in [6.07, 6.45) is 6.19. The Morgan fingerprint density at radius 1 is 0.968 bits per heavy atom. The van der Waals surface area contributed by atoms with Gasteiger partial charge in [0.15, 0.2) is 0 Å². The van der Waals surface area contributed by atoms with Gasteiger partial charge in [0, 0.05) is 23.2 Å². The van der Waals surface area contributed by atoms with Gasteiger partial charge < -0.3 is 14.7 Å². The fourth-order valence-electron chi connectivity index (χ4n) is 3.79. The molecule has 0 saturated carbocycles. The van der Waals surface area contributed by atoms with Crippen LogP contribution in [0.4, 0.5) is 4.39 Å². The Kier molecular flexibility index (Phi) is 7.04. The van der Waals surface area contributed by atoms with Crippen LogP contribution in [0.25, 0.3) is 22.8 Å². The van der Waals surface area contributed by atoms with Gasteiger partial charge in [-0.25, -0.2) is 4.39 Å². The van der Waals surface area contributed by atoms with Crippen LogP contribution < -0.4 is 5.32 Å². The van der Waals surface area contributed by atoms with Crippen LogP contribution >= 0.6 is 0 Å². The topological polar surface area (TPSA) is 71.3 Å². The molecule has 0 bridgehead atoms.